The summed E-state index contributed by atoms with van der Waals surface area (Å²) in [6, 6.07) is 11.9. The maximum atomic E-state index is 12.3. The van der Waals surface area contributed by atoms with Crippen LogP contribution < -0.4 is 11.3 Å². The SMILES string of the molecule is CCCCCn1c(-c2ccc(C)cc2)ccc(N)c1=O. The van der Waals surface area contributed by atoms with Gasteiger partial charge in [-0.25, -0.2) is 0 Å². The molecule has 2 aromatic rings. The van der Waals surface area contributed by atoms with E-state index in [0.717, 1.165) is 37.1 Å². The van der Waals surface area contributed by atoms with Crippen molar-refractivity contribution < 1.29 is 0 Å². The fraction of sp³-hybridized carbons (Fsp3) is 0.353. The number of hydrogen-bond donors (Lipinski definition) is 1. The summed E-state index contributed by atoms with van der Waals surface area (Å²) in [6.45, 7) is 4.94. The Labute approximate surface area is 120 Å². The lowest BCUT2D eigenvalue weighted by Gasteiger charge is -2.14. The molecule has 20 heavy (non-hydrogen) atoms. The van der Waals surface area contributed by atoms with E-state index in [9.17, 15) is 4.79 Å². The molecule has 2 rings (SSSR count). The summed E-state index contributed by atoms with van der Waals surface area (Å²) >= 11 is 0. The Bertz CT molecular complexity index is 626. The summed E-state index contributed by atoms with van der Waals surface area (Å²) in [5, 5.41) is 0. The number of nitrogens with two attached hydrogens (primary N) is 1. The molecular weight excluding hydrogens is 248 g/mol. The predicted octanol–water partition coefficient (Wildman–Crippen LogP) is 3.60. The van der Waals surface area contributed by atoms with E-state index < -0.39 is 0 Å². The summed E-state index contributed by atoms with van der Waals surface area (Å²) in [5.41, 5.74) is 9.21. The Morgan fingerprint density at radius 3 is 2.40 bits per heavy atom. The van der Waals surface area contributed by atoms with Crippen LogP contribution in [0.5, 0.6) is 0 Å². The topological polar surface area (TPSA) is 48.0 Å². The maximum absolute atomic E-state index is 12.3. The number of nitrogens with zero attached hydrogens (tertiary/aromatic N) is 1. The first-order valence-corrected chi connectivity index (χ1v) is 7.20. The number of aromatic nitrogens is 1. The molecule has 1 aromatic heterocycles. The van der Waals surface area contributed by atoms with Crippen LogP contribution in [-0.4, -0.2) is 4.57 Å². The van der Waals surface area contributed by atoms with Gasteiger partial charge in [-0.15, -0.1) is 0 Å². The molecule has 0 aliphatic heterocycles. The molecule has 0 fully saturated rings. The van der Waals surface area contributed by atoms with E-state index in [0.29, 0.717) is 5.69 Å². The number of unbranched alkanes of at least 4 members (excludes halogenated alkanes) is 2. The molecule has 0 aliphatic rings. The summed E-state index contributed by atoms with van der Waals surface area (Å²) in [5.74, 6) is 0. The Morgan fingerprint density at radius 1 is 1.05 bits per heavy atom. The van der Waals surface area contributed by atoms with Crippen molar-refractivity contribution in [1.82, 2.24) is 4.57 Å². The fourth-order valence-corrected chi connectivity index (χ4v) is 2.31. The van der Waals surface area contributed by atoms with Crippen molar-refractivity contribution in [2.24, 2.45) is 0 Å². The molecule has 106 valence electrons. The molecule has 1 heterocycles. The highest BCUT2D eigenvalue weighted by Crippen LogP contribution is 2.20. The van der Waals surface area contributed by atoms with Crippen molar-refractivity contribution >= 4 is 5.69 Å². The minimum absolute atomic E-state index is 0.0841. The van der Waals surface area contributed by atoms with Crippen LogP contribution in [0.2, 0.25) is 0 Å². The minimum atomic E-state index is -0.0841. The molecule has 0 amide bonds. The van der Waals surface area contributed by atoms with E-state index in [1.807, 2.05) is 6.07 Å². The number of nitrogen functional groups attached to an aromatic ring is 1. The average Bonchev–Trinajstić information content (AvgIpc) is 2.45. The summed E-state index contributed by atoms with van der Waals surface area (Å²) < 4.78 is 1.80. The quantitative estimate of drug-likeness (QED) is 0.844. The van der Waals surface area contributed by atoms with Crippen LogP contribution in [0.3, 0.4) is 0 Å². The van der Waals surface area contributed by atoms with Gasteiger partial charge in [-0.2, -0.15) is 0 Å². The van der Waals surface area contributed by atoms with Gasteiger partial charge < -0.3 is 10.3 Å². The largest absolute Gasteiger partial charge is 0.394 e. The highest BCUT2D eigenvalue weighted by molar-refractivity contribution is 5.61. The molecule has 0 radical (unpaired) electrons. The van der Waals surface area contributed by atoms with Gasteiger partial charge in [0.1, 0.15) is 0 Å². The summed E-state index contributed by atoms with van der Waals surface area (Å²) in [4.78, 5) is 12.3. The molecule has 1 aromatic carbocycles. The third-order valence-corrected chi connectivity index (χ3v) is 3.54. The highest BCUT2D eigenvalue weighted by atomic mass is 16.1. The zero-order valence-electron chi connectivity index (χ0n) is 12.2. The third kappa shape index (κ3) is 3.10. The lowest BCUT2D eigenvalue weighted by atomic mass is 10.1. The van der Waals surface area contributed by atoms with Gasteiger partial charge in [-0.3, -0.25) is 4.79 Å². The first kappa shape index (κ1) is 14.4. The van der Waals surface area contributed by atoms with Gasteiger partial charge in [0.25, 0.3) is 5.56 Å². The molecule has 0 aliphatic carbocycles. The third-order valence-electron chi connectivity index (χ3n) is 3.54. The van der Waals surface area contributed by atoms with Crippen LogP contribution in [0.15, 0.2) is 41.2 Å². The Balaban J connectivity index is 2.43. The second kappa shape index (κ2) is 6.42. The lowest BCUT2D eigenvalue weighted by molar-refractivity contribution is 0.593. The predicted molar refractivity (Wildman–Crippen MR) is 84.8 cm³/mol. The fourth-order valence-electron chi connectivity index (χ4n) is 2.31. The average molecular weight is 270 g/mol. The first-order valence-electron chi connectivity index (χ1n) is 7.20. The molecular formula is C17H22N2O. The number of anilines is 1. The van der Waals surface area contributed by atoms with Gasteiger partial charge in [-0.1, -0.05) is 49.6 Å². The van der Waals surface area contributed by atoms with Gasteiger partial charge in [-0.05, 0) is 31.0 Å². The molecule has 3 heteroatoms. The minimum Gasteiger partial charge on any atom is -0.394 e. The number of aryl methyl sites for hydroxylation is 1. The zero-order chi connectivity index (χ0) is 14.5. The van der Waals surface area contributed by atoms with Gasteiger partial charge >= 0.3 is 0 Å². The number of hydrogen-bond acceptors (Lipinski definition) is 2. The molecule has 0 spiro atoms. The highest BCUT2D eigenvalue weighted by Gasteiger charge is 2.08. The monoisotopic (exact) mass is 270 g/mol. The molecule has 3 nitrogen and oxygen atoms in total. The maximum Gasteiger partial charge on any atom is 0.274 e. The molecule has 0 saturated carbocycles. The standard InChI is InChI=1S/C17H22N2O/c1-3-4-5-12-19-16(11-10-15(18)17(19)20)14-8-6-13(2)7-9-14/h6-11H,3-5,12,18H2,1-2H3. The summed E-state index contributed by atoms with van der Waals surface area (Å²) in [7, 11) is 0. The molecule has 2 N–H and O–H groups in total. The Kier molecular flexibility index (Phi) is 4.61. The zero-order valence-corrected chi connectivity index (χ0v) is 12.2. The van der Waals surface area contributed by atoms with E-state index in [2.05, 4.69) is 38.1 Å². The van der Waals surface area contributed by atoms with Crippen LogP contribution >= 0.6 is 0 Å². The molecule has 0 bridgehead atoms. The van der Waals surface area contributed by atoms with Crippen LogP contribution in [0, 0.1) is 6.92 Å². The van der Waals surface area contributed by atoms with E-state index in [1.54, 1.807) is 10.6 Å². The van der Waals surface area contributed by atoms with Gasteiger partial charge in [0.2, 0.25) is 0 Å². The van der Waals surface area contributed by atoms with Gasteiger partial charge in [0, 0.05) is 6.54 Å². The van der Waals surface area contributed by atoms with Gasteiger partial charge in [0.05, 0.1) is 11.4 Å². The number of rotatable bonds is 5. The van der Waals surface area contributed by atoms with Crippen LogP contribution in [0.25, 0.3) is 11.3 Å². The summed E-state index contributed by atoms with van der Waals surface area (Å²) in [6.07, 6.45) is 3.25. The van der Waals surface area contributed by atoms with E-state index in [-0.39, 0.29) is 5.56 Å². The normalized spacial score (nSPS) is 10.7. The lowest BCUT2D eigenvalue weighted by Crippen LogP contribution is -2.24. The van der Waals surface area contributed by atoms with Gasteiger partial charge in [0.15, 0.2) is 0 Å². The van der Waals surface area contributed by atoms with Crippen LogP contribution in [-0.2, 0) is 6.54 Å². The smallest absolute Gasteiger partial charge is 0.274 e. The second-order valence-corrected chi connectivity index (χ2v) is 5.20. The number of benzene rings is 1. The van der Waals surface area contributed by atoms with Crippen molar-refractivity contribution in [3.05, 3.63) is 52.3 Å². The Morgan fingerprint density at radius 2 is 1.75 bits per heavy atom. The molecule has 0 saturated heterocycles. The van der Waals surface area contributed by atoms with Crippen molar-refractivity contribution in [1.29, 1.82) is 0 Å². The van der Waals surface area contributed by atoms with E-state index >= 15 is 0 Å². The molecule has 0 atom stereocenters. The van der Waals surface area contributed by atoms with Crippen molar-refractivity contribution in [2.75, 3.05) is 5.73 Å². The van der Waals surface area contributed by atoms with Crippen molar-refractivity contribution in [3.63, 3.8) is 0 Å². The van der Waals surface area contributed by atoms with E-state index in [4.69, 9.17) is 5.73 Å². The van der Waals surface area contributed by atoms with Crippen LogP contribution in [0.4, 0.5) is 5.69 Å². The molecule has 0 unspecified atom stereocenters. The van der Waals surface area contributed by atoms with Crippen LogP contribution in [0.1, 0.15) is 31.7 Å². The van der Waals surface area contributed by atoms with E-state index in [1.165, 1.54) is 5.56 Å². The first-order chi connectivity index (χ1) is 9.63. The van der Waals surface area contributed by atoms with Crippen molar-refractivity contribution in [2.45, 2.75) is 39.7 Å². The second-order valence-electron chi connectivity index (χ2n) is 5.20. The number of pyridine rings is 1. The Hall–Kier alpha value is -2.03. The van der Waals surface area contributed by atoms with Crippen molar-refractivity contribution in [3.8, 4) is 11.3 Å².